The molecule has 0 heterocycles. The first-order valence-corrected chi connectivity index (χ1v) is 8.66. The number of carbonyl (C=O) groups is 2. The number of carbonyl (C=O) groups excluding carboxylic acids is 2. The van der Waals surface area contributed by atoms with Crippen molar-refractivity contribution in [1.29, 1.82) is 0 Å². The van der Waals surface area contributed by atoms with E-state index in [2.05, 4.69) is 10.6 Å². The molecule has 0 spiro atoms. The van der Waals surface area contributed by atoms with E-state index in [1.165, 1.54) is 38.5 Å². The molecule has 5 fully saturated rings. The molecule has 5 saturated carbocycles. The van der Waals surface area contributed by atoms with Crippen molar-refractivity contribution >= 4 is 11.8 Å². The summed E-state index contributed by atoms with van der Waals surface area (Å²) in [5.74, 6) is 2.69. The molecule has 5 aliphatic rings. The Balaban J connectivity index is 1.29. The van der Waals surface area contributed by atoms with Crippen LogP contribution in [0.4, 0.5) is 0 Å². The lowest BCUT2D eigenvalue weighted by Gasteiger charge is -2.56. The van der Waals surface area contributed by atoms with Crippen molar-refractivity contribution in [1.82, 2.24) is 10.6 Å². The molecular formula is C17H26N2O2. The SMILES string of the molecule is O=C(CC12CC3CC(CC(C3)C1)C2)NCC(=O)NC1CC1. The minimum Gasteiger partial charge on any atom is -0.352 e. The minimum absolute atomic E-state index is 0.0311. The lowest BCUT2D eigenvalue weighted by atomic mass is 9.49. The van der Waals surface area contributed by atoms with Crippen molar-refractivity contribution in [2.45, 2.75) is 63.8 Å². The number of nitrogens with one attached hydrogen (secondary N) is 2. The normalized spacial score (nSPS) is 40.1. The van der Waals surface area contributed by atoms with Crippen LogP contribution in [0, 0.1) is 23.2 Å². The Kier molecular flexibility index (Phi) is 3.23. The molecule has 4 bridgehead atoms. The predicted octanol–water partition coefficient (Wildman–Crippen LogP) is 1.99. The van der Waals surface area contributed by atoms with Crippen molar-refractivity contribution in [3.63, 3.8) is 0 Å². The van der Waals surface area contributed by atoms with Crippen molar-refractivity contribution in [3.8, 4) is 0 Å². The molecule has 0 saturated heterocycles. The Morgan fingerprint density at radius 1 is 0.905 bits per heavy atom. The van der Waals surface area contributed by atoms with Crippen LogP contribution in [0.3, 0.4) is 0 Å². The first kappa shape index (κ1) is 13.6. The van der Waals surface area contributed by atoms with Crippen LogP contribution >= 0.6 is 0 Å². The number of amides is 2. The van der Waals surface area contributed by atoms with E-state index < -0.39 is 0 Å². The molecule has 116 valence electrons. The van der Waals surface area contributed by atoms with Crippen LogP contribution in [0.25, 0.3) is 0 Å². The largest absolute Gasteiger partial charge is 0.352 e. The summed E-state index contributed by atoms with van der Waals surface area (Å²) in [4.78, 5) is 23.9. The van der Waals surface area contributed by atoms with Crippen LogP contribution in [0.1, 0.15) is 57.8 Å². The van der Waals surface area contributed by atoms with Crippen LogP contribution in [0.15, 0.2) is 0 Å². The molecule has 0 unspecified atom stereocenters. The van der Waals surface area contributed by atoms with Gasteiger partial charge in [0.2, 0.25) is 11.8 Å². The molecule has 0 aliphatic heterocycles. The molecule has 0 aromatic carbocycles. The molecule has 0 aromatic rings. The second-order valence-electron chi connectivity index (χ2n) is 8.21. The van der Waals surface area contributed by atoms with E-state index in [1.807, 2.05) is 0 Å². The highest BCUT2D eigenvalue weighted by molar-refractivity contribution is 5.85. The van der Waals surface area contributed by atoms with Crippen molar-refractivity contribution in [2.75, 3.05) is 6.54 Å². The Labute approximate surface area is 126 Å². The zero-order valence-electron chi connectivity index (χ0n) is 12.7. The van der Waals surface area contributed by atoms with E-state index in [0.717, 1.165) is 30.6 Å². The van der Waals surface area contributed by atoms with Crippen LogP contribution in [-0.4, -0.2) is 24.4 Å². The average Bonchev–Trinajstić information content (AvgIpc) is 3.18. The highest BCUT2D eigenvalue weighted by atomic mass is 16.2. The Morgan fingerprint density at radius 2 is 1.48 bits per heavy atom. The topological polar surface area (TPSA) is 58.2 Å². The molecular weight excluding hydrogens is 264 g/mol. The number of hydrogen-bond donors (Lipinski definition) is 2. The van der Waals surface area contributed by atoms with Gasteiger partial charge in [0.25, 0.3) is 0 Å². The molecule has 0 radical (unpaired) electrons. The summed E-state index contributed by atoms with van der Waals surface area (Å²) >= 11 is 0. The van der Waals surface area contributed by atoms with E-state index in [0.29, 0.717) is 12.5 Å². The highest BCUT2D eigenvalue weighted by Gasteiger charge is 2.51. The summed E-state index contributed by atoms with van der Waals surface area (Å²) in [6.45, 7) is 0.154. The third-order valence-corrected chi connectivity index (χ3v) is 6.09. The first-order valence-electron chi connectivity index (χ1n) is 8.66. The second kappa shape index (κ2) is 4.99. The Morgan fingerprint density at radius 3 is 2.00 bits per heavy atom. The van der Waals surface area contributed by atoms with Gasteiger partial charge in [-0.15, -0.1) is 0 Å². The fourth-order valence-corrected chi connectivity index (χ4v) is 5.59. The van der Waals surface area contributed by atoms with Gasteiger partial charge in [-0.1, -0.05) is 0 Å². The third-order valence-electron chi connectivity index (χ3n) is 6.09. The first-order chi connectivity index (χ1) is 10.1. The van der Waals surface area contributed by atoms with Gasteiger partial charge in [0.1, 0.15) is 0 Å². The van der Waals surface area contributed by atoms with Gasteiger partial charge in [0, 0.05) is 12.5 Å². The van der Waals surface area contributed by atoms with Crippen LogP contribution in [0.2, 0.25) is 0 Å². The molecule has 4 nitrogen and oxygen atoms in total. The van der Waals surface area contributed by atoms with E-state index in [-0.39, 0.29) is 23.8 Å². The summed E-state index contributed by atoms with van der Waals surface area (Å²) < 4.78 is 0. The van der Waals surface area contributed by atoms with Gasteiger partial charge in [0.05, 0.1) is 6.54 Å². The molecule has 0 atom stereocenters. The lowest BCUT2D eigenvalue weighted by Crippen LogP contribution is -2.48. The number of hydrogen-bond acceptors (Lipinski definition) is 2. The van der Waals surface area contributed by atoms with E-state index in [4.69, 9.17) is 0 Å². The average molecular weight is 290 g/mol. The summed E-state index contributed by atoms with van der Waals surface area (Å²) in [7, 11) is 0. The van der Waals surface area contributed by atoms with E-state index in [1.54, 1.807) is 0 Å². The van der Waals surface area contributed by atoms with Crippen molar-refractivity contribution in [3.05, 3.63) is 0 Å². The zero-order chi connectivity index (χ0) is 14.4. The van der Waals surface area contributed by atoms with Gasteiger partial charge in [-0.3, -0.25) is 9.59 Å². The maximum atomic E-state index is 12.2. The Bertz CT molecular complexity index is 420. The summed E-state index contributed by atoms with van der Waals surface area (Å²) in [5.41, 5.74) is 0.270. The standard InChI is InChI=1S/C17H26N2O2/c20-15(18-10-16(21)19-14-1-2-14)9-17-6-11-3-12(7-17)5-13(4-11)8-17/h11-14H,1-10H2,(H,18,20)(H,19,21). The number of rotatable bonds is 5. The van der Waals surface area contributed by atoms with Gasteiger partial charge < -0.3 is 10.6 Å². The minimum atomic E-state index is -0.0311. The predicted molar refractivity (Wildman–Crippen MR) is 79.4 cm³/mol. The molecule has 21 heavy (non-hydrogen) atoms. The van der Waals surface area contributed by atoms with Crippen LogP contribution in [0.5, 0.6) is 0 Å². The van der Waals surface area contributed by atoms with Crippen molar-refractivity contribution < 1.29 is 9.59 Å². The summed E-state index contributed by atoms with van der Waals surface area (Å²) in [5, 5.41) is 5.75. The lowest BCUT2D eigenvalue weighted by molar-refractivity contribution is -0.131. The van der Waals surface area contributed by atoms with Crippen LogP contribution < -0.4 is 10.6 Å². The van der Waals surface area contributed by atoms with Gasteiger partial charge in [-0.05, 0) is 74.5 Å². The van der Waals surface area contributed by atoms with Crippen molar-refractivity contribution in [2.24, 2.45) is 23.2 Å². The maximum absolute atomic E-state index is 12.2. The van der Waals surface area contributed by atoms with Gasteiger partial charge in [0.15, 0.2) is 0 Å². The fraction of sp³-hybridized carbons (Fsp3) is 0.882. The Hall–Kier alpha value is -1.06. The van der Waals surface area contributed by atoms with E-state index in [9.17, 15) is 9.59 Å². The molecule has 2 N–H and O–H groups in total. The maximum Gasteiger partial charge on any atom is 0.239 e. The quantitative estimate of drug-likeness (QED) is 0.813. The zero-order valence-corrected chi connectivity index (χ0v) is 12.7. The fourth-order valence-electron chi connectivity index (χ4n) is 5.59. The summed E-state index contributed by atoms with van der Waals surface area (Å²) in [6.07, 6.45) is 10.8. The molecule has 0 aromatic heterocycles. The molecule has 5 aliphatic carbocycles. The van der Waals surface area contributed by atoms with Gasteiger partial charge in [-0.25, -0.2) is 0 Å². The third kappa shape index (κ3) is 2.95. The monoisotopic (exact) mass is 290 g/mol. The van der Waals surface area contributed by atoms with Crippen LogP contribution in [-0.2, 0) is 9.59 Å². The summed E-state index contributed by atoms with van der Waals surface area (Å²) in [6, 6.07) is 0.373. The van der Waals surface area contributed by atoms with Gasteiger partial charge >= 0.3 is 0 Å². The molecule has 4 heteroatoms. The second-order valence-corrected chi connectivity index (χ2v) is 8.21. The van der Waals surface area contributed by atoms with E-state index >= 15 is 0 Å². The highest BCUT2D eigenvalue weighted by Crippen LogP contribution is 2.61. The molecule has 5 rings (SSSR count). The van der Waals surface area contributed by atoms with Gasteiger partial charge in [-0.2, -0.15) is 0 Å². The molecule has 2 amide bonds. The smallest absolute Gasteiger partial charge is 0.239 e.